The molecule has 1 N–H and O–H groups in total. The topological polar surface area (TPSA) is 39.1 Å². The third kappa shape index (κ3) is 4.96. The van der Waals surface area contributed by atoms with Crippen molar-refractivity contribution in [2.75, 3.05) is 13.2 Å². The quantitative estimate of drug-likeness (QED) is 0.748. The van der Waals surface area contributed by atoms with Crippen molar-refractivity contribution < 1.29 is 4.74 Å². The molecule has 0 aliphatic heterocycles. The Kier molecular flexibility index (Phi) is 7.10. The van der Waals surface area contributed by atoms with Gasteiger partial charge in [0.25, 0.3) is 0 Å². The van der Waals surface area contributed by atoms with Crippen molar-refractivity contribution in [1.82, 2.24) is 15.1 Å². The van der Waals surface area contributed by atoms with Crippen LogP contribution >= 0.6 is 0 Å². The summed E-state index contributed by atoms with van der Waals surface area (Å²) in [5.74, 6) is 0. The van der Waals surface area contributed by atoms with Gasteiger partial charge in [-0.3, -0.25) is 4.68 Å². The highest BCUT2D eigenvalue weighted by Crippen LogP contribution is 2.12. The molecule has 19 heavy (non-hydrogen) atoms. The van der Waals surface area contributed by atoms with Crippen molar-refractivity contribution in [3.05, 3.63) is 18.0 Å². The molecule has 2 atom stereocenters. The molecule has 1 heterocycles. The standard InChI is InChI=1S/C15H29N3O/c1-6-15(19-8-3)14(16-7-2)11-13-9-10-18(17-13)12(4)5/h9-10,12,14-16H,6-8,11H2,1-5H3. The fraction of sp³-hybridized carbons (Fsp3) is 0.800. The molecule has 2 unspecified atom stereocenters. The molecule has 0 saturated heterocycles. The molecule has 1 aromatic heterocycles. The van der Waals surface area contributed by atoms with E-state index in [9.17, 15) is 0 Å². The van der Waals surface area contributed by atoms with E-state index in [1.165, 1.54) is 0 Å². The first-order chi connectivity index (χ1) is 9.12. The summed E-state index contributed by atoms with van der Waals surface area (Å²) in [4.78, 5) is 0. The predicted octanol–water partition coefficient (Wildman–Crippen LogP) is 2.80. The third-order valence-electron chi connectivity index (χ3n) is 3.32. The Balaban J connectivity index is 2.70. The fourth-order valence-electron chi connectivity index (χ4n) is 2.33. The van der Waals surface area contributed by atoms with Crippen LogP contribution in [0.2, 0.25) is 0 Å². The monoisotopic (exact) mass is 267 g/mol. The lowest BCUT2D eigenvalue weighted by Crippen LogP contribution is -2.42. The molecule has 4 heteroatoms. The molecule has 1 aromatic rings. The minimum absolute atomic E-state index is 0.258. The molecular formula is C15H29N3O. The minimum Gasteiger partial charge on any atom is -0.377 e. The molecule has 0 saturated carbocycles. The van der Waals surface area contributed by atoms with Crippen molar-refractivity contribution in [3.8, 4) is 0 Å². The van der Waals surface area contributed by atoms with Gasteiger partial charge in [-0.25, -0.2) is 0 Å². The number of hydrogen-bond donors (Lipinski definition) is 1. The van der Waals surface area contributed by atoms with Crippen molar-refractivity contribution in [1.29, 1.82) is 0 Å². The maximum atomic E-state index is 5.84. The summed E-state index contributed by atoms with van der Waals surface area (Å²) >= 11 is 0. The van der Waals surface area contributed by atoms with Crippen LogP contribution in [0.3, 0.4) is 0 Å². The van der Waals surface area contributed by atoms with Crippen LogP contribution in [-0.4, -0.2) is 35.1 Å². The van der Waals surface area contributed by atoms with E-state index in [1.807, 2.05) is 4.68 Å². The van der Waals surface area contributed by atoms with E-state index in [2.05, 4.69) is 57.3 Å². The van der Waals surface area contributed by atoms with E-state index < -0.39 is 0 Å². The van der Waals surface area contributed by atoms with Gasteiger partial charge in [-0.05, 0) is 39.8 Å². The largest absolute Gasteiger partial charge is 0.377 e. The summed E-state index contributed by atoms with van der Waals surface area (Å²) in [6.45, 7) is 12.4. The molecule has 0 radical (unpaired) electrons. The Bertz CT molecular complexity index is 349. The molecule has 0 spiro atoms. The normalized spacial score (nSPS) is 14.8. The highest BCUT2D eigenvalue weighted by molar-refractivity contribution is 5.03. The Morgan fingerprint density at radius 3 is 2.53 bits per heavy atom. The molecule has 0 amide bonds. The average molecular weight is 267 g/mol. The van der Waals surface area contributed by atoms with Gasteiger partial charge in [-0.1, -0.05) is 13.8 Å². The molecule has 110 valence electrons. The number of hydrogen-bond acceptors (Lipinski definition) is 3. The zero-order valence-electron chi connectivity index (χ0n) is 13.0. The lowest BCUT2D eigenvalue weighted by atomic mass is 10.0. The Morgan fingerprint density at radius 2 is 2.05 bits per heavy atom. The van der Waals surface area contributed by atoms with Crippen molar-refractivity contribution in [2.24, 2.45) is 0 Å². The Morgan fingerprint density at radius 1 is 1.32 bits per heavy atom. The first-order valence-corrected chi connectivity index (χ1v) is 7.51. The van der Waals surface area contributed by atoms with Gasteiger partial charge in [-0.15, -0.1) is 0 Å². The van der Waals surface area contributed by atoms with E-state index in [0.29, 0.717) is 12.1 Å². The fourth-order valence-corrected chi connectivity index (χ4v) is 2.33. The molecule has 1 rings (SSSR count). The maximum Gasteiger partial charge on any atom is 0.0729 e. The van der Waals surface area contributed by atoms with E-state index >= 15 is 0 Å². The van der Waals surface area contributed by atoms with Crippen LogP contribution < -0.4 is 5.32 Å². The Hall–Kier alpha value is -0.870. The summed E-state index contributed by atoms with van der Waals surface area (Å²) in [6.07, 6.45) is 4.27. The minimum atomic E-state index is 0.258. The highest BCUT2D eigenvalue weighted by Gasteiger charge is 2.20. The number of nitrogens with zero attached hydrogens (tertiary/aromatic N) is 2. The van der Waals surface area contributed by atoms with Gasteiger partial charge in [0.05, 0.1) is 11.8 Å². The highest BCUT2D eigenvalue weighted by atomic mass is 16.5. The van der Waals surface area contributed by atoms with Crippen LogP contribution in [0.1, 0.15) is 52.8 Å². The second-order valence-electron chi connectivity index (χ2n) is 5.15. The summed E-state index contributed by atoms with van der Waals surface area (Å²) < 4.78 is 7.85. The van der Waals surface area contributed by atoms with Gasteiger partial charge >= 0.3 is 0 Å². The van der Waals surface area contributed by atoms with Crippen LogP contribution in [0.15, 0.2) is 12.3 Å². The van der Waals surface area contributed by atoms with Crippen LogP contribution in [0.25, 0.3) is 0 Å². The third-order valence-corrected chi connectivity index (χ3v) is 3.32. The lowest BCUT2D eigenvalue weighted by Gasteiger charge is -2.26. The van der Waals surface area contributed by atoms with Gasteiger partial charge in [0.15, 0.2) is 0 Å². The summed E-state index contributed by atoms with van der Waals surface area (Å²) in [5, 5.41) is 8.16. The predicted molar refractivity (Wildman–Crippen MR) is 79.5 cm³/mol. The number of rotatable bonds is 9. The summed E-state index contributed by atoms with van der Waals surface area (Å²) in [5.41, 5.74) is 1.14. The summed E-state index contributed by atoms with van der Waals surface area (Å²) in [6, 6.07) is 2.87. The van der Waals surface area contributed by atoms with Gasteiger partial charge in [0.1, 0.15) is 0 Å². The van der Waals surface area contributed by atoms with E-state index in [0.717, 1.165) is 31.7 Å². The van der Waals surface area contributed by atoms with Crippen LogP contribution in [0.5, 0.6) is 0 Å². The van der Waals surface area contributed by atoms with Crippen molar-refractivity contribution in [3.63, 3.8) is 0 Å². The van der Waals surface area contributed by atoms with E-state index in [1.54, 1.807) is 0 Å². The van der Waals surface area contributed by atoms with E-state index in [4.69, 9.17) is 4.74 Å². The molecule has 0 aromatic carbocycles. The second kappa shape index (κ2) is 8.33. The number of aromatic nitrogens is 2. The van der Waals surface area contributed by atoms with Gasteiger partial charge in [0, 0.05) is 31.3 Å². The maximum absolute atomic E-state index is 5.84. The van der Waals surface area contributed by atoms with Gasteiger partial charge in [0.2, 0.25) is 0 Å². The number of nitrogens with one attached hydrogen (secondary N) is 1. The van der Waals surface area contributed by atoms with Gasteiger partial charge in [-0.2, -0.15) is 5.10 Å². The molecule has 0 bridgehead atoms. The first-order valence-electron chi connectivity index (χ1n) is 7.51. The molecule has 0 aliphatic rings. The molecule has 0 aliphatic carbocycles. The van der Waals surface area contributed by atoms with Crippen LogP contribution in [0.4, 0.5) is 0 Å². The number of likely N-dealkylation sites (N-methyl/N-ethyl adjacent to an activating group) is 1. The zero-order chi connectivity index (χ0) is 14.3. The lowest BCUT2D eigenvalue weighted by molar-refractivity contribution is 0.0321. The second-order valence-corrected chi connectivity index (χ2v) is 5.15. The van der Waals surface area contributed by atoms with Crippen LogP contribution in [0, 0.1) is 0 Å². The Labute approximate surface area is 117 Å². The zero-order valence-corrected chi connectivity index (χ0v) is 13.0. The molecule has 4 nitrogen and oxygen atoms in total. The van der Waals surface area contributed by atoms with Gasteiger partial charge < -0.3 is 10.1 Å². The van der Waals surface area contributed by atoms with Crippen LogP contribution in [-0.2, 0) is 11.2 Å². The SMILES string of the molecule is CCNC(Cc1ccn(C(C)C)n1)C(CC)OCC. The molecular weight excluding hydrogens is 238 g/mol. The van der Waals surface area contributed by atoms with E-state index in [-0.39, 0.29) is 6.10 Å². The number of ether oxygens (including phenoxy) is 1. The van der Waals surface area contributed by atoms with Crippen molar-refractivity contribution in [2.45, 2.75) is 65.6 Å². The first kappa shape index (κ1) is 16.2. The van der Waals surface area contributed by atoms with Crippen molar-refractivity contribution >= 4 is 0 Å². The average Bonchev–Trinajstić information content (AvgIpc) is 2.84. The molecule has 0 fully saturated rings. The summed E-state index contributed by atoms with van der Waals surface area (Å²) in [7, 11) is 0. The smallest absolute Gasteiger partial charge is 0.0729 e.